The molecule has 9 heteroatoms. The van der Waals surface area contributed by atoms with E-state index < -0.39 is 6.61 Å². The molecule has 0 aliphatic rings. The molecule has 0 aromatic heterocycles. The maximum absolute atomic E-state index is 13.7. The fourth-order valence-corrected chi connectivity index (χ4v) is 2.34. The van der Waals surface area contributed by atoms with Gasteiger partial charge in [0, 0.05) is 24.2 Å². The normalized spacial score (nSPS) is 11.0. The van der Waals surface area contributed by atoms with Gasteiger partial charge in [-0.3, -0.25) is 0 Å². The second-order valence-electron chi connectivity index (χ2n) is 5.49. The molecule has 154 valence electrons. The largest absolute Gasteiger partial charge is 0.497 e. The summed E-state index contributed by atoms with van der Waals surface area (Å²) in [6.07, 6.45) is 0. The summed E-state index contributed by atoms with van der Waals surface area (Å²) in [6.45, 7) is -0.157. The molecule has 0 saturated carbocycles. The van der Waals surface area contributed by atoms with Crippen LogP contribution in [0, 0.1) is 5.82 Å². The van der Waals surface area contributed by atoms with E-state index in [2.05, 4.69) is 20.4 Å². The lowest BCUT2D eigenvalue weighted by Gasteiger charge is -2.14. The Balaban J connectivity index is 0.00000392. The molecule has 0 saturated heterocycles. The first-order valence-corrected chi connectivity index (χ1v) is 8.40. The average molecular weight is 509 g/mol. The minimum Gasteiger partial charge on any atom is -0.497 e. The number of aliphatic imine (C=N–C) groups is 1. The van der Waals surface area contributed by atoms with E-state index in [-0.39, 0.29) is 48.6 Å². The first-order valence-electron chi connectivity index (χ1n) is 8.40. The van der Waals surface area contributed by atoms with Crippen LogP contribution in [-0.2, 0) is 13.1 Å². The number of alkyl halides is 2. The number of benzene rings is 2. The predicted octanol–water partition coefficient (Wildman–Crippen LogP) is 4.31. The minimum atomic E-state index is -2.94. The maximum atomic E-state index is 13.7. The van der Waals surface area contributed by atoms with Crippen LogP contribution in [0.2, 0.25) is 0 Å². The number of hydrogen-bond donors (Lipinski definition) is 2. The lowest BCUT2D eigenvalue weighted by atomic mass is 10.2. The van der Waals surface area contributed by atoms with Crippen molar-refractivity contribution in [2.45, 2.75) is 26.6 Å². The summed E-state index contributed by atoms with van der Waals surface area (Å²) in [6, 6.07) is 10.9. The Hall–Kier alpha value is -2.17. The lowest BCUT2D eigenvalue weighted by molar-refractivity contribution is -0.0504. The van der Waals surface area contributed by atoms with Crippen molar-refractivity contribution in [3.8, 4) is 11.5 Å². The zero-order chi connectivity index (χ0) is 19.6. The van der Waals surface area contributed by atoms with Crippen LogP contribution < -0.4 is 20.1 Å². The van der Waals surface area contributed by atoms with E-state index in [0.29, 0.717) is 29.4 Å². The number of ether oxygens (including phenoxy) is 2. The van der Waals surface area contributed by atoms with Gasteiger partial charge in [-0.25, -0.2) is 9.38 Å². The highest BCUT2D eigenvalue weighted by Gasteiger charge is 2.11. The molecule has 0 bridgehead atoms. The van der Waals surface area contributed by atoms with Gasteiger partial charge in [0.1, 0.15) is 17.3 Å². The molecule has 0 spiro atoms. The van der Waals surface area contributed by atoms with Crippen molar-refractivity contribution in [1.29, 1.82) is 0 Å². The number of hydrogen-bond acceptors (Lipinski definition) is 3. The molecule has 0 unspecified atom stereocenters. The van der Waals surface area contributed by atoms with E-state index >= 15 is 0 Å². The van der Waals surface area contributed by atoms with Crippen molar-refractivity contribution < 1.29 is 22.6 Å². The van der Waals surface area contributed by atoms with Crippen LogP contribution in [0.15, 0.2) is 47.5 Å². The molecule has 0 fully saturated rings. The van der Waals surface area contributed by atoms with Gasteiger partial charge in [-0.2, -0.15) is 8.78 Å². The number of methoxy groups -OCH3 is 1. The van der Waals surface area contributed by atoms with Crippen LogP contribution in [-0.4, -0.2) is 26.2 Å². The number of halogens is 4. The third kappa shape index (κ3) is 7.45. The number of guanidine groups is 1. The molecule has 0 amide bonds. The summed E-state index contributed by atoms with van der Waals surface area (Å²) >= 11 is 0. The van der Waals surface area contributed by atoms with Gasteiger partial charge >= 0.3 is 6.61 Å². The standard InChI is InChI=1S/C19H22F3N3O2.HI/c1-3-23-19(24-11-13-6-4-5-7-16(13)20)25-12-14-10-15(26-2)8-9-17(14)27-18(21)22;/h4-10,18H,3,11-12H2,1-2H3,(H2,23,24,25);1H. The molecule has 2 N–H and O–H groups in total. The molecule has 0 heterocycles. The number of rotatable bonds is 8. The monoisotopic (exact) mass is 509 g/mol. The van der Waals surface area contributed by atoms with Crippen LogP contribution in [0.3, 0.4) is 0 Å². The minimum absolute atomic E-state index is 0. The third-order valence-corrected chi connectivity index (χ3v) is 3.64. The third-order valence-electron chi connectivity index (χ3n) is 3.64. The summed E-state index contributed by atoms with van der Waals surface area (Å²) < 4.78 is 48.6. The van der Waals surface area contributed by atoms with Crippen molar-refractivity contribution in [3.63, 3.8) is 0 Å². The van der Waals surface area contributed by atoms with Crippen molar-refractivity contribution in [1.82, 2.24) is 10.6 Å². The fourth-order valence-electron chi connectivity index (χ4n) is 2.34. The molecular formula is C19H23F3IN3O2. The molecule has 0 radical (unpaired) electrons. The topological polar surface area (TPSA) is 54.9 Å². The summed E-state index contributed by atoms with van der Waals surface area (Å²) in [4.78, 5) is 4.36. The zero-order valence-electron chi connectivity index (χ0n) is 15.5. The van der Waals surface area contributed by atoms with E-state index in [4.69, 9.17) is 4.74 Å². The van der Waals surface area contributed by atoms with Crippen LogP contribution in [0.5, 0.6) is 11.5 Å². The van der Waals surface area contributed by atoms with E-state index in [1.807, 2.05) is 6.92 Å². The Morgan fingerprint density at radius 3 is 2.50 bits per heavy atom. The van der Waals surface area contributed by atoms with Crippen LogP contribution in [0.25, 0.3) is 0 Å². The fraction of sp³-hybridized carbons (Fsp3) is 0.316. The summed E-state index contributed by atoms with van der Waals surface area (Å²) in [5.74, 6) is 0.637. The van der Waals surface area contributed by atoms with Crippen LogP contribution >= 0.6 is 24.0 Å². The maximum Gasteiger partial charge on any atom is 0.387 e. The van der Waals surface area contributed by atoms with Gasteiger partial charge in [0.25, 0.3) is 0 Å². The van der Waals surface area contributed by atoms with E-state index in [1.54, 1.807) is 24.3 Å². The first kappa shape index (κ1) is 23.9. The van der Waals surface area contributed by atoms with Crippen molar-refractivity contribution in [2.75, 3.05) is 13.7 Å². The Morgan fingerprint density at radius 1 is 1.11 bits per heavy atom. The van der Waals surface area contributed by atoms with Gasteiger partial charge in [-0.05, 0) is 31.2 Å². The summed E-state index contributed by atoms with van der Waals surface area (Å²) in [5.41, 5.74) is 0.934. The van der Waals surface area contributed by atoms with Gasteiger partial charge in [0.2, 0.25) is 0 Å². The summed E-state index contributed by atoms with van der Waals surface area (Å²) in [5, 5.41) is 6.04. The highest BCUT2D eigenvalue weighted by Crippen LogP contribution is 2.26. The Morgan fingerprint density at radius 2 is 1.86 bits per heavy atom. The predicted molar refractivity (Wildman–Crippen MR) is 113 cm³/mol. The molecular weight excluding hydrogens is 486 g/mol. The van der Waals surface area contributed by atoms with Crippen LogP contribution in [0.4, 0.5) is 13.2 Å². The van der Waals surface area contributed by atoms with E-state index in [9.17, 15) is 13.2 Å². The quantitative estimate of drug-likeness (QED) is 0.317. The highest BCUT2D eigenvalue weighted by atomic mass is 127. The van der Waals surface area contributed by atoms with Gasteiger partial charge in [-0.15, -0.1) is 24.0 Å². The molecule has 2 aromatic carbocycles. The lowest BCUT2D eigenvalue weighted by Crippen LogP contribution is -2.37. The SMILES string of the molecule is CCNC(=NCc1cc(OC)ccc1OC(F)F)NCc1ccccc1F.I. The van der Waals surface area contributed by atoms with Gasteiger partial charge in [-0.1, -0.05) is 18.2 Å². The van der Waals surface area contributed by atoms with Crippen LogP contribution in [0.1, 0.15) is 18.1 Å². The Bertz CT molecular complexity index is 776. The second-order valence-corrected chi connectivity index (χ2v) is 5.49. The zero-order valence-corrected chi connectivity index (χ0v) is 17.9. The molecule has 0 aliphatic heterocycles. The first-order chi connectivity index (χ1) is 13.0. The van der Waals surface area contributed by atoms with Gasteiger partial charge < -0.3 is 20.1 Å². The Labute approximate surface area is 179 Å². The van der Waals surface area contributed by atoms with E-state index in [1.165, 1.54) is 25.3 Å². The smallest absolute Gasteiger partial charge is 0.387 e. The molecule has 0 aliphatic carbocycles. The number of nitrogens with one attached hydrogen (secondary N) is 2. The van der Waals surface area contributed by atoms with Crippen molar-refractivity contribution in [2.24, 2.45) is 4.99 Å². The van der Waals surface area contributed by atoms with E-state index in [0.717, 1.165) is 0 Å². The molecule has 2 rings (SSSR count). The van der Waals surface area contributed by atoms with Crippen molar-refractivity contribution in [3.05, 3.63) is 59.4 Å². The molecule has 2 aromatic rings. The van der Waals surface area contributed by atoms with Crippen molar-refractivity contribution >= 4 is 29.9 Å². The van der Waals surface area contributed by atoms with Gasteiger partial charge in [0.15, 0.2) is 5.96 Å². The second kappa shape index (κ2) is 12.3. The Kier molecular flexibility index (Phi) is 10.5. The molecule has 5 nitrogen and oxygen atoms in total. The molecule has 0 atom stereocenters. The van der Waals surface area contributed by atoms with Gasteiger partial charge in [0.05, 0.1) is 13.7 Å². The number of nitrogens with zero attached hydrogens (tertiary/aromatic N) is 1. The highest BCUT2D eigenvalue weighted by molar-refractivity contribution is 14.0. The average Bonchev–Trinajstić information content (AvgIpc) is 2.65. The summed E-state index contributed by atoms with van der Waals surface area (Å²) in [7, 11) is 1.48. The molecule has 28 heavy (non-hydrogen) atoms.